The highest BCUT2D eigenvalue weighted by atomic mass is 32.1. The zero-order valence-electron chi connectivity index (χ0n) is 10.4. The van der Waals surface area contributed by atoms with Gasteiger partial charge in [0.15, 0.2) is 6.10 Å². The van der Waals surface area contributed by atoms with Crippen LogP contribution in [0.1, 0.15) is 19.8 Å². The molecule has 1 aliphatic heterocycles. The second-order valence-electron chi connectivity index (χ2n) is 5.31. The fourth-order valence-corrected chi connectivity index (χ4v) is 2.82. The topological polar surface area (TPSA) is 29.5 Å². The van der Waals surface area contributed by atoms with Crippen LogP contribution >= 0.6 is 12.6 Å². The number of rotatable bonds is 3. The lowest BCUT2D eigenvalue weighted by Crippen LogP contribution is -2.47. The minimum absolute atomic E-state index is 0.0572. The molecule has 0 saturated heterocycles. The molecule has 0 bridgehead atoms. The van der Waals surface area contributed by atoms with Gasteiger partial charge in [-0.25, -0.2) is 0 Å². The molecule has 1 fully saturated rings. The van der Waals surface area contributed by atoms with Gasteiger partial charge in [0.2, 0.25) is 0 Å². The molecule has 1 unspecified atom stereocenters. The number of amides is 1. The number of hydrogen-bond donors (Lipinski definition) is 1. The van der Waals surface area contributed by atoms with Crippen LogP contribution in [0.3, 0.4) is 0 Å². The Hall–Kier alpha value is -1.16. The standard InChI is InChI=1S/C14H17NO2S/c1-10-13(16)15(8-14(9-18)6-7-14)11-4-2-3-5-12(11)17-10/h2-5,10,18H,6-9H2,1H3. The van der Waals surface area contributed by atoms with Crippen LogP contribution in [0.15, 0.2) is 24.3 Å². The SMILES string of the molecule is CC1Oc2ccccc2N(CC2(CS)CC2)C1=O. The van der Waals surface area contributed by atoms with Crippen molar-refractivity contribution in [1.82, 2.24) is 0 Å². The minimum atomic E-state index is -0.393. The molecule has 96 valence electrons. The van der Waals surface area contributed by atoms with Crippen molar-refractivity contribution in [3.63, 3.8) is 0 Å². The molecule has 4 heteroatoms. The summed E-state index contributed by atoms with van der Waals surface area (Å²) in [6.07, 6.45) is 1.94. The highest BCUT2D eigenvalue weighted by Crippen LogP contribution is 2.49. The lowest BCUT2D eigenvalue weighted by Gasteiger charge is -2.35. The molecule has 1 aromatic rings. The van der Waals surface area contributed by atoms with E-state index in [4.69, 9.17) is 4.74 Å². The first-order chi connectivity index (χ1) is 8.65. The molecule has 1 amide bonds. The Morgan fingerprint density at radius 2 is 2.17 bits per heavy atom. The number of hydrogen-bond acceptors (Lipinski definition) is 3. The van der Waals surface area contributed by atoms with Gasteiger partial charge in [0, 0.05) is 6.54 Å². The third-order valence-corrected chi connectivity index (χ3v) is 4.53. The van der Waals surface area contributed by atoms with Crippen molar-refractivity contribution < 1.29 is 9.53 Å². The average Bonchev–Trinajstić information content (AvgIpc) is 3.15. The maximum Gasteiger partial charge on any atom is 0.267 e. The maximum absolute atomic E-state index is 12.3. The quantitative estimate of drug-likeness (QED) is 0.849. The van der Waals surface area contributed by atoms with Crippen LogP contribution < -0.4 is 9.64 Å². The molecule has 1 saturated carbocycles. The molecule has 0 N–H and O–H groups in total. The molecule has 1 aliphatic carbocycles. The Morgan fingerprint density at radius 3 is 2.83 bits per heavy atom. The van der Waals surface area contributed by atoms with Gasteiger partial charge in [-0.1, -0.05) is 12.1 Å². The third-order valence-electron chi connectivity index (χ3n) is 3.86. The van der Waals surface area contributed by atoms with Crippen molar-refractivity contribution in [3.8, 4) is 5.75 Å². The molecular weight excluding hydrogens is 246 g/mol. The van der Waals surface area contributed by atoms with Crippen molar-refractivity contribution >= 4 is 24.2 Å². The van der Waals surface area contributed by atoms with Crippen molar-refractivity contribution in [2.75, 3.05) is 17.2 Å². The number of fused-ring (bicyclic) bond motifs is 1. The molecule has 3 rings (SSSR count). The number of benzene rings is 1. The van der Waals surface area contributed by atoms with Gasteiger partial charge in [-0.15, -0.1) is 0 Å². The summed E-state index contributed by atoms with van der Waals surface area (Å²) in [4.78, 5) is 14.2. The van der Waals surface area contributed by atoms with Crippen LogP contribution in [0.25, 0.3) is 0 Å². The zero-order chi connectivity index (χ0) is 12.8. The number of ether oxygens (including phenoxy) is 1. The van der Waals surface area contributed by atoms with E-state index in [0.717, 1.165) is 36.6 Å². The molecule has 0 aromatic heterocycles. The normalized spacial score (nSPS) is 24.4. The van der Waals surface area contributed by atoms with Gasteiger partial charge >= 0.3 is 0 Å². The van der Waals surface area contributed by atoms with E-state index >= 15 is 0 Å². The first-order valence-corrected chi connectivity index (χ1v) is 6.96. The number of para-hydroxylation sites is 2. The van der Waals surface area contributed by atoms with Gasteiger partial charge in [0.1, 0.15) is 5.75 Å². The summed E-state index contributed by atoms with van der Waals surface area (Å²) in [6, 6.07) is 7.75. The van der Waals surface area contributed by atoms with Crippen LogP contribution in [0.5, 0.6) is 5.75 Å². The highest BCUT2D eigenvalue weighted by Gasteiger charge is 2.45. The second-order valence-corrected chi connectivity index (χ2v) is 5.63. The molecule has 0 spiro atoms. The highest BCUT2D eigenvalue weighted by molar-refractivity contribution is 7.80. The van der Waals surface area contributed by atoms with Gasteiger partial charge in [-0.05, 0) is 43.1 Å². The van der Waals surface area contributed by atoms with E-state index in [1.54, 1.807) is 0 Å². The van der Waals surface area contributed by atoms with Crippen molar-refractivity contribution in [2.24, 2.45) is 5.41 Å². The van der Waals surface area contributed by atoms with Crippen LogP contribution in [-0.4, -0.2) is 24.3 Å². The molecular formula is C14H17NO2S. The summed E-state index contributed by atoms with van der Waals surface area (Å²) >= 11 is 4.42. The summed E-state index contributed by atoms with van der Waals surface area (Å²) < 4.78 is 5.63. The molecule has 2 aliphatic rings. The zero-order valence-corrected chi connectivity index (χ0v) is 11.3. The third kappa shape index (κ3) is 1.88. The number of thiol groups is 1. The van der Waals surface area contributed by atoms with Gasteiger partial charge in [-0.3, -0.25) is 4.79 Å². The van der Waals surface area contributed by atoms with E-state index < -0.39 is 6.10 Å². The number of nitrogens with zero attached hydrogens (tertiary/aromatic N) is 1. The summed E-state index contributed by atoms with van der Waals surface area (Å²) in [6.45, 7) is 2.57. The van der Waals surface area contributed by atoms with Crippen LogP contribution in [0, 0.1) is 5.41 Å². The fourth-order valence-electron chi connectivity index (χ4n) is 2.40. The molecule has 1 atom stereocenters. The van der Waals surface area contributed by atoms with E-state index in [2.05, 4.69) is 12.6 Å². The van der Waals surface area contributed by atoms with E-state index in [0.29, 0.717) is 0 Å². The Morgan fingerprint density at radius 1 is 1.44 bits per heavy atom. The van der Waals surface area contributed by atoms with Crippen molar-refractivity contribution in [2.45, 2.75) is 25.9 Å². The maximum atomic E-state index is 12.3. The molecule has 1 heterocycles. The lowest BCUT2D eigenvalue weighted by atomic mass is 10.1. The van der Waals surface area contributed by atoms with Crippen molar-refractivity contribution in [3.05, 3.63) is 24.3 Å². The predicted molar refractivity (Wildman–Crippen MR) is 74.4 cm³/mol. The Balaban J connectivity index is 1.94. The second kappa shape index (κ2) is 4.19. The van der Waals surface area contributed by atoms with Gasteiger partial charge in [0.05, 0.1) is 5.69 Å². The Labute approximate surface area is 113 Å². The fraction of sp³-hybridized carbons (Fsp3) is 0.500. The van der Waals surface area contributed by atoms with E-state index in [1.165, 1.54) is 0 Å². The first-order valence-electron chi connectivity index (χ1n) is 6.33. The van der Waals surface area contributed by atoms with Crippen molar-refractivity contribution in [1.29, 1.82) is 0 Å². The van der Waals surface area contributed by atoms with E-state index in [9.17, 15) is 4.79 Å². The monoisotopic (exact) mass is 263 g/mol. The number of carbonyl (C=O) groups is 1. The summed E-state index contributed by atoms with van der Waals surface area (Å²) in [5.74, 6) is 1.70. The Bertz CT molecular complexity index is 484. The van der Waals surface area contributed by atoms with E-state index in [-0.39, 0.29) is 11.3 Å². The van der Waals surface area contributed by atoms with Crippen LogP contribution in [-0.2, 0) is 4.79 Å². The molecule has 1 aromatic carbocycles. The molecule has 0 radical (unpaired) electrons. The minimum Gasteiger partial charge on any atom is -0.479 e. The number of carbonyl (C=O) groups excluding carboxylic acids is 1. The molecule has 3 nitrogen and oxygen atoms in total. The Kier molecular flexibility index (Phi) is 2.77. The van der Waals surface area contributed by atoms with E-state index in [1.807, 2.05) is 36.1 Å². The first kappa shape index (κ1) is 11.9. The largest absolute Gasteiger partial charge is 0.479 e. The summed E-state index contributed by atoms with van der Waals surface area (Å²) in [5.41, 5.74) is 1.12. The predicted octanol–water partition coefficient (Wildman–Crippen LogP) is 2.51. The molecule has 18 heavy (non-hydrogen) atoms. The van der Waals surface area contributed by atoms with Gasteiger partial charge in [0.25, 0.3) is 5.91 Å². The van der Waals surface area contributed by atoms with Crippen LogP contribution in [0.4, 0.5) is 5.69 Å². The summed E-state index contributed by atoms with van der Waals surface area (Å²) in [7, 11) is 0. The smallest absolute Gasteiger partial charge is 0.267 e. The summed E-state index contributed by atoms with van der Waals surface area (Å²) in [5, 5.41) is 0. The average molecular weight is 263 g/mol. The lowest BCUT2D eigenvalue weighted by molar-refractivity contribution is -0.125. The van der Waals surface area contributed by atoms with Gasteiger partial charge < -0.3 is 9.64 Å². The van der Waals surface area contributed by atoms with Gasteiger partial charge in [-0.2, -0.15) is 12.6 Å². The number of anilines is 1. The van der Waals surface area contributed by atoms with Crippen LogP contribution in [0.2, 0.25) is 0 Å².